The normalized spacial score (nSPS) is 10.8. The van der Waals surface area contributed by atoms with E-state index in [1.807, 2.05) is 13.0 Å². The highest BCUT2D eigenvalue weighted by Gasteiger charge is 2.12. The maximum Gasteiger partial charge on any atom is 0.287 e. The molecule has 1 N–H and O–H groups in total. The molecule has 0 aliphatic rings. The van der Waals surface area contributed by atoms with Crippen molar-refractivity contribution in [3.8, 4) is 5.82 Å². The SMILES string of the molecule is CCCc1[nH]n(-c2ccc(C)nn2)c(=O)c1Br. The number of hydrogen-bond acceptors (Lipinski definition) is 3. The molecule has 2 rings (SSSR count). The van der Waals surface area contributed by atoms with Crippen molar-refractivity contribution in [2.75, 3.05) is 0 Å². The number of aryl methyl sites for hydroxylation is 2. The van der Waals surface area contributed by atoms with Gasteiger partial charge < -0.3 is 0 Å². The highest BCUT2D eigenvalue weighted by molar-refractivity contribution is 9.10. The van der Waals surface area contributed by atoms with Gasteiger partial charge in [-0.2, -0.15) is 9.78 Å². The third-order valence-electron chi connectivity index (χ3n) is 2.42. The number of hydrogen-bond donors (Lipinski definition) is 1. The molecule has 0 spiro atoms. The van der Waals surface area contributed by atoms with Gasteiger partial charge in [-0.05, 0) is 41.4 Å². The van der Waals surface area contributed by atoms with E-state index in [4.69, 9.17) is 0 Å². The van der Waals surface area contributed by atoms with E-state index >= 15 is 0 Å². The van der Waals surface area contributed by atoms with Crippen LogP contribution in [0.25, 0.3) is 5.82 Å². The fourth-order valence-corrected chi connectivity index (χ4v) is 2.01. The van der Waals surface area contributed by atoms with Crippen LogP contribution in [-0.4, -0.2) is 20.0 Å². The first kappa shape index (κ1) is 12.0. The summed E-state index contributed by atoms with van der Waals surface area (Å²) >= 11 is 3.30. The van der Waals surface area contributed by atoms with Gasteiger partial charge in [0, 0.05) is 0 Å². The van der Waals surface area contributed by atoms with Gasteiger partial charge in [-0.25, -0.2) is 0 Å². The molecule has 17 heavy (non-hydrogen) atoms. The van der Waals surface area contributed by atoms with Gasteiger partial charge in [0.25, 0.3) is 5.56 Å². The molecule has 2 heterocycles. The molecule has 0 fully saturated rings. The molecule has 2 aromatic rings. The van der Waals surface area contributed by atoms with Gasteiger partial charge in [0.15, 0.2) is 5.82 Å². The highest BCUT2D eigenvalue weighted by atomic mass is 79.9. The molecule has 6 heteroatoms. The van der Waals surface area contributed by atoms with Crippen LogP contribution in [0.3, 0.4) is 0 Å². The predicted molar refractivity (Wildman–Crippen MR) is 68.4 cm³/mol. The Bertz CT molecular complexity index is 570. The summed E-state index contributed by atoms with van der Waals surface area (Å²) in [5.41, 5.74) is 1.58. The summed E-state index contributed by atoms with van der Waals surface area (Å²) in [5.74, 6) is 0.503. The minimum atomic E-state index is -0.133. The number of aromatic nitrogens is 4. The average molecular weight is 297 g/mol. The molecule has 0 radical (unpaired) electrons. The lowest BCUT2D eigenvalue weighted by atomic mass is 10.3. The topological polar surface area (TPSA) is 63.6 Å². The Morgan fingerprint density at radius 1 is 1.41 bits per heavy atom. The van der Waals surface area contributed by atoms with Crippen molar-refractivity contribution in [1.29, 1.82) is 0 Å². The van der Waals surface area contributed by atoms with E-state index in [1.165, 1.54) is 4.68 Å². The zero-order valence-electron chi connectivity index (χ0n) is 9.70. The summed E-state index contributed by atoms with van der Waals surface area (Å²) in [4.78, 5) is 12.0. The summed E-state index contributed by atoms with van der Waals surface area (Å²) in [6.45, 7) is 3.92. The van der Waals surface area contributed by atoms with Gasteiger partial charge in [0.2, 0.25) is 0 Å². The largest absolute Gasteiger partial charge is 0.292 e. The number of H-pyrrole nitrogens is 1. The third-order valence-corrected chi connectivity index (χ3v) is 3.23. The maximum absolute atomic E-state index is 12.0. The van der Waals surface area contributed by atoms with Crippen LogP contribution in [-0.2, 0) is 6.42 Å². The summed E-state index contributed by atoms with van der Waals surface area (Å²) in [6.07, 6.45) is 1.79. The molecule has 0 atom stereocenters. The first-order valence-corrected chi connectivity index (χ1v) is 6.23. The summed E-state index contributed by atoms with van der Waals surface area (Å²) < 4.78 is 1.98. The number of nitrogens with zero attached hydrogens (tertiary/aromatic N) is 3. The van der Waals surface area contributed by atoms with E-state index in [2.05, 4.69) is 38.1 Å². The van der Waals surface area contributed by atoms with Crippen LogP contribution in [0, 0.1) is 6.92 Å². The van der Waals surface area contributed by atoms with E-state index in [9.17, 15) is 4.79 Å². The zero-order chi connectivity index (χ0) is 12.4. The molecule has 90 valence electrons. The summed E-state index contributed by atoms with van der Waals surface area (Å²) in [5, 5.41) is 11.0. The fourth-order valence-electron chi connectivity index (χ4n) is 1.55. The smallest absolute Gasteiger partial charge is 0.287 e. The van der Waals surface area contributed by atoms with Crippen LogP contribution in [0.4, 0.5) is 0 Å². The van der Waals surface area contributed by atoms with Crippen LogP contribution < -0.4 is 5.56 Å². The molecule has 5 nitrogen and oxygen atoms in total. The van der Waals surface area contributed by atoms with Gasteiger partial charge in [0.05, 0.1) is 11.4 Å². The molecule has 0 aliphatic heterocycles. The minimum absolute atomic E-state index is 0.133. The number of halogens is 1. The van der Waals surface area contributed by atoms with Crippen molar-refractivity contribution >= 4 is 15.9 Å². The molecule has 0 aromatic carbocycles. The molecule has 0 saturated carbocycles. The Morgan fingerprint density at radius 2 is 2.18 bits per heavy atom. The monoisotopic (exact) mass is 296 g/mol. The molecule has 0 aliphatic carbocycles. The van der Waals surface area contributed by atoms with Gasteiger partial charge in [-0.1, -0.05) is 13.3 Å². The van der Waals surface area contributed by atoms with E-state index in [1.54, 1.807) is 6.07 Å². The van der Waals surface area contributed by atoms with Gasteiger partial charge in [0.1, 0.15) is 4.47 Å². The molecular formula is C11H13BrN4O. The average Bonchev–Trinajstić information content (AvgIpc) is 2.59. The Hall–Kier alpha value is -1.43. The minimum Gasteiger partial charge on any atom is -0.292 e. The van der Waals surface area contributed by atoms with Crippen molar-refractivity contribution < 1.29 is 0 Å². The number of nitrogens with one attached hydrogen (secondary N) is 1. The van der Waals surface area contributed by atoms with E-state index in [-0.39, 0.29) is 5.56 Å². The van der Waals surface area contributed by atoms with Crippen molar-refractivity contribution in [2.24, 2.45) is 0 Å². The first-order valence-electron chi connectivity index (χ1n) is 5.43. The second kappa shape index (κ2) is 4.83. The van der Waals surface area contributed by atoms with Crippen LogP contribution in [0.2, 0.25) is 0 Å². The summed E-state index contributed by atoms with van der Waals surface area (Å²) in [6, 6.07) is 3.59. The Labute approximate surface area is 107 Å². The van der Waals surface area contributed by atoms with Gasteiger partial charge in [-0.15, -0.1) is 5.10 Å². The van der Waals surface area contributed by atoms with Gasteiger partial charge in [-0.3, -0.25) is 9.89 Å². The number of rotatable bonds is 3. The molecular weight excluding hydrogens is 284 g/mol. The Morgan fingerprint density at radius 3 is 2.76 bits per heavy atom. The Kier molecular flexibility index (Phi) is 3.42. The highest BCUT2D eigenvalue weighted by Crippen LogP contribution is 2.13. The molecule has 0 amide bonds. The lowest BCUT2D eigenvalue weighted by Gasteiger charge is -1.99. The summed E-state index contributed by atoms with van der Waals surface area (Å²) in [7, 11) is 0. The van der Waals surface area contributed by atoms with Crippen molar-refractivity contribution in [3.63, 3.8) is 0 Å². The lowest BCUT2D eigenvalue weighted by molar-refractivity contribution is 0.755. The molecule has 2 aromatic heterocycles. The predicted octanol–water partition coefficient (Wildman–Crippen LogP) is 1.98. The van der Waals surface area contributed by atoms with E-state index in [0.29, 0.717) is 10.3 Å². The second-order valence-corrected chi connectivity index (χ2v) is 4.62. The van der Waals surface area contributed by atoms with Crippen LogP contribution in [0.1, 0.15) is 24.7 Å². The maximum atomic E-state index is 12.0. The van der Waals surface area contributed by atoms with E-state index in [0.717, 1.165) is 24.2 Å². The Balaban J connectivity index is 2.49. The van der Waals surface area contributed by atoms with Crippen molar-refractivity contribution in [2.45, 2.75) is 26.7 Å². The van der Waals surface area contributed by atoms with Crippen molar-refractivity contribution in [3.05, 3.63) is 38.3 Å². The van der Waals surface area contributed by atoms with Crippen LogP contribution >= 0.6 is 15.9 Å². The standard InChI is InChI=1S/C11H13BrN4O/c1-3-4-8-10(12)11(17)16(15-8)9-6-5-7(2)13-14-9/h5-6,15H,3-4H2,1-2H3. The second-order valence-electron chi connectivity index (χ2n) is 3.83. The number of aromatic amines is 1. The zero-order valence-corrected chi connectivity index (χ0v) is 11.3. The quantitative estimate of drug-likeness (QED) is 0.942. The van der Waals surface area contributed by atoms with Crippen LogP contribution in [0.15, 0.2) is 21.4 Å². The lowest BCUT2D eigenvalue weighted by Crippen LogP contribution is -2.16. The van der Waals surface area contributed by atoms with Crippen molar-refractivity contribution in [1.82, 2.24) is 20.0 Å². The molecule has 0 unspecified atom stereocenters. The van der Waals surface area contributed by atoms with Crippen LogP contribution in [0.5, 0.6) is 0 Å². The third kappa shape index (κ3) is 2.31. The fraction of sp³-hybridized carbons (Fsp3) is 0.364. The molecule has 0 bridgehead atoms. The first-order chi connectivity index (χ1) is 8.13. The van der Waals surface area contributed by atoms with E-state index < -0.39 is 0 Å². The molecule has 0 saturated heterocycles. The van der Waals surface area contributed by atoms with Gasteiger partial charge >= 0.3 is 0 Å².